The number of carbonyl (C=O) groups is 1. The second-order valence-corrected chi connectivity index (χ2v) is 4.07. The smallest absolute Gasteiger partial charge is 0.309 e. The Morgan fingerprint density at radius 2 is 1.50 bits per heavy atom. The lowest BCUT2D eigenvalue weighted by Gasteiger charge is -2.09. The highest BCUT2D eigenvalue weighted by Gasteiger charge is 2.44. The van der Waals surface area contributed by atoms with Gasteiger partial charge in [0, 0.05) is 0 Å². The number of rotatable bonds is 0. The van der Waals surface area contributed by atoms with Gasteiger partial charge in [0.15, 0.2) is 0 Å². The number of hydrogen-bond donors (Lipinski definition) is 0. The maximum atomic E-state index is 11.5. The molecule has 5 nitrogen and oxygen atoms in total. The van der Waals surface area contributed by atoms with Crippen molar-refractivity contribution in [3.05, 3.63) is 0 Å². The lowest BCUT2D eigenvalue weighted by molar-refractivity contribution is -0.147. The van der Waals surface area contributed by atoms with Gasteiger partial charge in [0.05, 0.1) is 45.6 Å². The molecule has 0 amide bonds. The van der Waals surface area contributed by atoms with Crippen molar-refractivity contribution < 1.29 is 23.7 Å². The van der Waals surface area contributed by atoms with Crippen molar-refractivity contribution >= 4 is 5.97 Å². The molecule has 1 heterocycles. The largest absolute Gasteiger partial charge is 0.463 e. The van der Waals surface area contributed by atoms with E-state index in [-0.39, 0.29) is 11.9 Å². The molecule has 1 saturated heterocycles. The van der Waals surface area contributed by atoms with Crippen molar-refractivity contribution in [1.82, 2.24) is 0 Å². The molecule has 1 aliphatic heterocycles. The summed E-state index contributed by atoms with van der Waals surface area (Å²) in [5.41, 5.74) is 0. The minimum atomic E-state index is -0.106. The summed E-state index contributed by atoms with van der Waals surface area (Å²) < 4.78 is 21.0. The van der Waals surface area contributed by atoms with E-state index in [0.29, 0.717) is 52.2 Å². The van der Waals surface area contributed by atoms with Crippen LogP contribution < -0.4 is 0 Å². The van der Waals surface area contributed by atoms with Crippen LogP contribution in [0, 0.1) is 11.8 Å². The van der Waals surface area contributed by atoms with E-state index in [9.17, 15) is 4.79 Å². The molecule has 0 aromatic carbocycles. The number of fused-ring (bicyclic) bond motifs is 1. The van der Waals surface area contributed by atoms with Gasteiger partial charge in [-0.3, -0.25) is 4.79 Å². The maximum Gasteiger partial charge on any atom is 0.309 e. The zero-order chi connectivity index (χ0) is 11.2. The van der Waals surface area contributed by atoms with Gasteiger partial charge in [0.2, 0.25) is 0 Å². The van der Waals surface area contributed by atoms with Gasteiger partial charge in [-0.15, -0.1) is 0 Å². The lowest BCUT2D eigenvalue weighted by Crippen LogP contribution is -2.17. The van der Waals surface area contributed by atoms with Crippen LogP contribution in [0.4, 0.5) is 0 Å². The number of cyclic esters (lactones) is 1. The Labute approximate surface area is 95.0 Å². The summed E-state index contributed by atoms with van der Waals surface area (Å²) in [4.78, 5) is 11.5. The van der Waals surface area contributed by atoms with Crippen LogP contribution >= 0.6 is 0 Å². The molecule has 2 aliphatic rings. The van der Waals surface area contributed by atoms with Crippen molar-refractivity contribution in [2.24, 2.45) is 11.8 Å². The molecule has 92 valence electrons. The molecule has 2 atom stereocenters. The fourth-order valence-electron chi connectivity index (χ4n) is 1.70. The fraction of sp³-hybridized carbons (Fsp3) is 0.909. The molecule has 0 spiro atoms. The van der Waals surface area contributed by atoms with Crippen LogP contribution in [0.15, 0.2) is 0 Å². The Kier molecular flexibility index (Phi) is 4.56. The third-order valence-electron chi connectivity index (χ3n) is 2.77. The van der Waals surface area contributed by atoms with E-state index < -0.39 is 0 Å². The predicted molar refractivity (Wildman–Crippen MR) is 55.0 cm³/mol. The Hall–Kier alpha value is -0.650. The average Bonchev–Trinajstić information content (AvgIpc) is 3.04. The summed E-state index contributed by atoms with van der Waals surface area (Å²) >= 11 is 0. The van der Waals surface area contributed by atoms with E-state index in [0.717, 1.165) is 6.42 Å². The SMILES string of the molecule is O=C1OCCOCCOCCOC[C@@H]2C[C@@H]12. The molecule has 16 heavy (non-hydrogen) atoms. The number of carbonyl (C=O) groups excluding carboxylic acids is 1. The zero-order valence-electron chi connectivity index (χ0n) is 9.35. The summed E-state index contributed by atoms with van der Waals surface area (Å²) in [7, 11) is 0. The van der Waals surface area contributed by atoms with Crippen LogP contribution in [0.1, 0.15) is 6.42 Å². The van der Waals surface area contributed by atoms with Crippen LogP contribution in [0.3, 0.4) is 0 Å². The highest BCUT2D eigenvalue weighted by molar-refractivity contribution is 5.75. The topological polar surface area (TPSA) is 54.0 Å². The first-order valence-electron chi connectivity index (χ1n) is 5.78. The molecule has 0 aromatic rings. The molecular formula is C11H18O5. The van der Waals surface area contributed by atoms with E-state index in [1.165, 1.54) is 0 Å². The van der Waals surface area contributed by atoms with E-state index in [1.807, 2.05) is 0 Å². The molecule has 2 fully saturated rings. The van der Waals surface area contributed by atoms with E-state index >= 15 is 0 Å². The van der Waals surface area contributed by atoms with Gasteiger partial charge in [-0.1, -0.05) is 0 Å². The van der Waals surface area contributed by atoms with Crippen LogP contribution in [-0.4, -0.2) is 52.2 Å². The van der Waals surface area contributed by atoms with Gasteiger partial charge in [0.25, 0.3) is 0 Å². The van der Waals surface area contributed by atoms with Crippen LogP contribution in [0.5, 0.6) is 0 Å². The summed E-state index contributed by atoms with van der Waals surface area (Å²) in [6.45, 7) is 3.68. The second kappa shape index (κ2) is 6.18. The normalized spacial score (nSPS) is 33.4. The highest BCUT2D eigenvalue weighted by Crippen LogP contribution is 2.39. The van der Waals surface area contributed by atoms with Gasteiger partial charge in [-0.05, 0) is 12.3 Å². The minimum Gasteiger partial charge on any atom is -0.463 e. The molecule has 0 unspecified atom stereocenters. The van der Waals surface area contributed by atoms with Gasteiger partial charge < -0.3 is 18.9 Å². The third kappa shape index (κ3) is 3.73. The summed E-state index contributed by atoms with van der Waals surface area (Å²) in [6, 6.07) is 0. The van der Waals surface area contributed by atoms with Crippen LogP contribution in [-0.2, 0) is 23.7 Å². The molecule has 0 N–H and O–H groups in total. The molecule has 1 aliphatic carbocycles. The molecule has 2 rings (SSSR count). The molecule has 0 bridgehead atoms. The standard InChI is InChI=1S/C11H18O5/c12-11-10-7-9(10)8-15-4-3-13-1-2-14-5-6-16-11/h9-10H,1-8H2/t9-,10+/m0/s1. The van der Waals surface area contributed by atoms with Crippen molar-refractivity contribution in [1.29, 1.82) is 0 Å². The van der Waals surface area contributed by atoms with Crippen LogP contribution in [0.2, 0.25) is 0 Å². The van der Waals surface area contributed by atoms with Gasteiger partial charge in [-0.2, -0.15) is 0 Å². The number of esters is 1. The summed E-state index contributed by atoms with van der Waals surface area (Å²) in [5, 5.41) is 0. The predicted octanol–water partition coefficient (Wildman–Crippen LogP) is 0.229. The molecule has 0 aromatic heterocycles. The molecule has 0 radical (unpaired) electrons. The second-order valence-electron chi connectivity index (χ2n) is 4.07. The first kappa shape index (κ1) is 11.8. The third-order valence-corrected chi connectivity index (χ3v) is 2.77. The van der Waals surface area contributed by atoms with Crippen molar-refractivity contribution in [3.8, 4) is 0 Å². The Morgan fingerprint density at radius 1 is 0.875 bits per heavy atom. The van der Waals surface area contributed by atoms with E-state index in [2.05, 4.69) is 0 Å². The zero-order valence-corrected chi connectivity index (χ0v) is 9.35. The summed E-state index contributed by atoms with van der Waals surface area (Å²) in [6.07, 6.45) is 0.889. The maximum absolute atomic E-state index is 11.5. The Balaban J connectivity index is 1.71. The monoisotopic (exact) mass is 230 g/mol. The Morgan fingerprint density at radius 3 is 2.25 bits per heavy atom. The van der Waals surface area contributed by atoms with E-state index in [1.54, 1.807) is 0 Å². The molecular weight excluding hydrogens is 212 g/mol. The van der Waals surface area contributed by atoms with Crippen molar-refractivity contribution in [2.45, 2.75) is 6.42 Å². The first-order valence-corrected chi connectivity index (χ1v) is 5.78. The fourth-order valence-corrected chi connectivity index (χ4v) is 1.70. The number of ether oxygens (including phenoxy) is 4. The molecule has 5 heteroatoms. The summed E-state index contributed by atoms with van der Waals surface area (Å²) in [5.74, 6) is 0.283. The quantitative estimate of drug-likeness (QED) is 0.557. The van der Waals surface area contributed by atoms with Gasteiger partial charge >= 0.3 is 5.97 Å². The van der Waals surface area contributed by atoms with Crippen LogP contribution in [0.25, 0.3) is 0 Å². The highest BCUT2D eigenvalue weighted by atomic mass is 16.6. The average molecular weight is 230 g/mol. The van der Waals surface area contributed by atoms with Gasteiger partial charge in [0.1, 0.15) is 6.61 Å². The lowest BCUT2D eigenvalue weighted by atomic mass is 10.3. The van der Waals surface area contributed by atoms with Crippen molar-refractivity contribution in [2.75, 3.05) is 46.2 Å². The van der Waals surface area contributed by atoms with Gasteiger partial charge in [-0.25, -0.2) is 0 Å². The van der Waals surface area contributed by atoms with E-state index in [4.69, 9.17) is 18.9 Å². The molecule has 1 saturated carbocycles. The minimum absolute atomic E-state index is 0.0452. The first-order chi connectivity index (χ1) is 7.88. The number of hydrogen-bond acceptors (Lipinski definition) is 5. The Bertz CT molecular complexity index is 230. The van der Waals surface area contributed by atoms with Crippen molar-refractivity contribution in [3.63, 3.8) is 0 Å².